The summed E-state index contributed by atoms with van der Waals surface area (Å²) in [4.78, 5) is 15.0. The third kappa shape index (κ3) is 2.06. The van der Waals surface area contributed by atoms with Crippen molar-refractivity contribution in [3.8, 4) is 0 Å². The number of hydrogen-bond acceptors (Lipinski definition) is 5. The van der Waals surface area contributed by atoms with Gasteiger partial charge in [0.2, 0.25) is 0 Å². The summed E-state index contributed by atoms with van der Waals surface area (Å²) in [5, 5.41) is 10.2. The van der Waals surface area contributed by atoms with E-state index in [-0.39, 0.29) is 12.1 Å². The zero-order valence-electron chi connectivity index (χ0n) is 11.3. The third-order valence-electron chi connectivity index (χ3n) is 3.81. The number of anilines is 1. The van der Waals surface area contributed by atoms with Crippen molar-refractivity contribution in [1.29, 1.82) is 0 Å². The lowest BCUT2D eigenvalue weighted by atomic mass is 9.92. The normalized spacial score (nSPS) is 23.7. The van der Waals surface area contributed by atoms with Gasteiger partial charge in [0, 0.05) is 14.1 Å². The summed E-state index contributed by atoms with van der Waals surface area (Å²) >= 11 is 0. The summed E-state index contributed by atoms with van der Waals surface area (Å²) < 4.78 is 2.01. The fourth-order valence-corrected chi connectivity index (χ4v) is 2.83. The van der Waals surface area contributed by atoms with E-state index in [0.717, 1.165) is 42.7 Å². The van der Waals surface area contributed by atoms with Crippen LogP contribution in [0, 0.1) is 0 Å². The highest BCUT2D eigenvalue weighted by atomic mass is 16.3. The van der Waals surface area contributed by atoms with Gasteiger partial charge in [-0.3, -0.25) is 0 Å². The molecular formula is C13H19N5O. The van der Waals surface area contributed by atoms with Crippen LogP contribution in [0.4, 0.5) is 5.82 Å². The van der Waals surface area contributed by atoms with Crippen LogP contribution in [-0.4, -0.2) is 44.8 Å². The van der Waals surface area contributed by atoms with Gasteiger partial charge in [0.1, 0.15) is 6.33 Å². The first-order chi connectivity index (χ1) is 9.18. The lowest BCUT2D eigenvalue weighted by molar-refractivity contribution is 0.0770. The van der Waals surface area contributed by atoms with E-state index in [0.29, 0.717) is 0 Å². The van der Waals surface area contributed by atoms with Crippen molar-refractivity contribution in [3.05, 3.63) is 12.7 Å². The molecule has 2 aromatic heterocycles. The molecule has 1 aliphatic carbocycles. The summed E-state index contributed by atoms with van der Waals surface area (Å²) in [5.41, 5.74) is 1.61. The minimum Gasteiger partial charge on any atom is -0.391 e. The van der Waals surface area contributed by atoms with Crippen molar-refractivity contribution >= 4 is 17.0 Å². The summed E-state index contributed by atoms with van der Waals surface area (Å²) in [6.07, 6.45) is 7.12. The number of aliphatic hydroxyl groups is 1. The molecule has 1 aliphatic rings. The minimum absolute atomic E-state index is 0.0867. The topological polar surface area (TPSA) is 67.1 Å². The minimum atomic E-state index is -0.302. The van der Waals surface area contributed by atoms with E-state index in [9.17, 15) is 5.11 Å². The molecule has 0 aliphatic heterocycles. The second kappa shape index (κ2) is 4.77. The highest BCUT2D eigenvalue weighted by Gasteiger charge is 2.26. The number of rotatable bonds is 2. The number of hydrogen-bond donors (Lipinski definition) is 1. The molecule has 0 radical (unpaired) electrons. The summed E-state index contributed by atoms with van der Waals surface area (Å²) in [6, 6.07) is 0.0867. The van der Waals surface area contributed by atoms with Crippen molar-refractivity contribution in [2.24, 2.45) is 0 Å². The molecule has 0 spiro atoms. The molecule has 102 valence electrons. The molecule has 0 bridgehead atoms. The molecule has 2 heterocycles. The average Bonchev–Trinajstić information content (AvgIpc) is 2.82. The fourth-order valence-electron chi connectivity index (χ4n) is 2.83. The van der Waals surface area contributed by atoms with Gasteiger partial charge in [0.25, 0.3) is 0 Å². The zero-order chi connectivity index (χ0) is 13.4. The Balaban J connectivity index is 2.08. The van der Waals surface area contributed by atoms with Crippen LogP contribution < -0.4 is 4.90 Å². The SMILES string of the molecule is CN(C)c1ncnc2c1ncn2[C@@H]1CCCC[C@H]1O. The van der Waals surface area contributed by atoms with Gasteiger partial charge in [-0.15, -0.1) is 0 Å². The average molecular weight is 261 g/mol. The Bertz CT molecular complexity index is 579. The van der Waals surface area contributed by atoms with Crippen LogP contribution in [0.1, 0.15) is 31.7 Å². The molecule has 1 N–H and O–H groups in total. The third-order valence-corrected chi connectivity index (χ3v) is 3.81. The molecular weight excluding hydrogens is 242 g/mol. The summed E-state index contributed by atoms with van der Waals surface area (Å²) in [7, 11) is 3.88. The molecule has 0 unspecified atom stereocenters. The first-order valence-electron chi connectivity index (χ1n) is 6.71. The van der Waals surface area contributed by atoms with Crippen LogP contribution >= 0.6 is 0 Å². The van der Waals surface area contributed by atoms with Gasteiger partial charge in [0.05, 0.1) is 18.5 Å². The molecule has 6 heteroatoms. The number of aromatic nitrogens is 4. The van der Waals surface area contributed by atoms with E-state index in [1.165, 1.54) is 0 Å². The Morgan fingerprint density at radius 1 is 1.21 bits per heavy atom. The highest BCUT2D eigenvalue weighted by molar-refractivity contribution is 5.83. The van der Waals surface area contributed by atoms with Crippen molar-refractivity contribution < 1.29 is 5.11 Å². The van der Waals surface area contributed by atoms with E-state index in [4.69, 9.17) is 0 Å². The molecule has 3 rings (SSSR count). The smallest absolute Gasteiger partial charge is 0.165 e. The van der Waals surface area contributed by atoms with Crippen LogP contribution in [0.5, 0.6) is 0 Å². The summed E-state index contributed by atoms with van der Waals surface area (Å²) in [5.74, 6) is 0.814. The number of aliphatic hydroxyl groups excluding tert-OH is 1. The Hall–Kier alpha value is -1.69. The largest absolute Gasteiger partial charge is 0.391 e. The van der Waals surface area contributed by atoms with Crippen molar-refractivity contribution in [2.45, 2.75) is 37.8 Å². The second-order valence-corrected chi connectivity index (χ2v) is 5.33. The maximum atomic E-state index is 10.2. The van der Waals surface area contributed by atoms with E-state index < -0.39 is 0 Å². The maximum absolute atomic E-state index is 10.2. The lowest BCUT2D eigenvalue weighted by Crippen LogP contribution is -2.27. The maximum Gasteiger partial charge on any atom is 0.165 e. The Labute approximate surface area is 112 Å². The van der Waals surface area contributed by atoms with E-state index in [1.807, 2.05) is 23.6 Å². The lowest BCUT2D eigenvalue weighted by Gasteiger charge is -2.28. The van der Waals surface area contributed by atoms with Crippen molar-refractivity contribution in [3.63, 3.8) is 0 Å². The molecule has 0 saturated heterocycles. The van der Waals surface area contributed by atoms with Gasteiger partial charge >= 0.3 is 0 Å². The quantitative estimate of drug-likeness (QED) is 0.884. The monoisotopic (exact) mass is 261 g/mol. The van der Waals surface area contributed by atoms with Crippen LogP contribution in [-0.2, 0) is 0 Å². The van der Waals surface area contributed by atoms with Crippen LogP contribution in [0.2, 0.25) is 0 Å². The molecule has 2 aromatic rings. The summed E-state index contributed by atoms with van der Waals surface area (Å²) in [6.45, 7) is 0. The molecule has 2 atom stereocenters. The molecule has 6 nitrogen and oxygen atoms in total. The van der Waals surface area contributed by atoms with Gasteiger partial charge in [-0.25, -0.2) is 15.0 Å². The van der Waals surface area contributed by atoms with E-state index >= 15 is 0 Å². The molecule has 1 fully saturated rings. The van der Waals surface area contributed by atoms with E-state index in [2.05, 4.69) is 15.0 Å². The fraction of sp³-hybridized carbons (Fsp3) is 0.615. The van der Waals surface area contributed by atoms with Gasteiger partial charge < -0.3 is 14.6 Å². The molecule has 19 heavy (non-hydrogen) atoms. The van der Waals surface area contributed by atoms with Gasteiger partial charge in [-0.2, -0.15) is 0 Å². The Kier molecular flexibility index (Phi) is 3.10. The van der Waals surface area contributed by atoms with E-state index in [1.54, 1.807) is 12.7 Å². The van der Waals surface area contributed by atoms with Crippen LogP contribution in [0.3, 0.4) is 0 Å². The second-order valence-electron chi connectivity index (χ2n) is 5.33. The first-order valence-corrected chi connectivity index (χ1v) is 6.71. The van der Waals surface area contributed by atoms with Gasteiger partial charge in [-0.1, -0.05) is 12.8 Å². The Morgan fingerprint density at radius 3 is 2.74 bits per heavy atom. The molecule has 0 aromatic carbocycles. The Morgan fingerprint density at radius 2 is 2.00 bits per heavy atom. The van der Waals surface area contributed by atoms with Crippen LogP contribution in [0.15, 0.2) is 12.7 Å². The first kappa shape index (κ1) is 12.3. The standard InChI is InChI=1S/C13H19N5O/c1-17(2)12-11-13(15-7-14-12)18(8-16-11)9-5-3-4-6-10(9)19/h7-10,19H,3-6H2,1-2H3/t9-,10-/m1/s1. The van der Waals surface area contributed by atoms with Gasteiger partial charge in [-0.05, 0) is 12.8 Å². The van der Waals surface area contributed by atoms with Gasteiger partial charge in [0.15, 0.2) is 17.0 Å². The predicted octanol–water partition coefficient (Wildman–Crippen LogP) is 1.37. The molecule has 0 amide bonds. The number of nitrogens with zero attached hydrogens (tertiary/aromatic N) is 5. The van der Waals surface area contributed by atoms with Crippen molar-refractivity contribution in [1.82, 2.24) is 19.5 Å². The zero-order valence-corrected chi connectivity index (χ0v) is 11.3. The van der Waals surface area contributed by atoms with Crippen LogP contribution in [0.25, 0.3) is 11.2 Å². The predicted molar refractivity (Wildman–Crippen MR) is 73.2 cm³/mol. The number of fused-ring (bicyclic) bond motifs is 1. The van der Waals surface area contributed by atoms with Crippen molar-refractivity contribution in [2.75, 3.05) is 19.0 Å². The highest BCUT2D eigenvalue weighted by Crippen LogP contribution is 2.31. The number of imidazole rings is 1. The molecule has 1 saturated carbocycles.